The fourth-order valence-corrected chi connectivity index (χ4v) is 3.71. The Bertz CT molecular complexity index is 703. The molecule has 3 aromatic rings. The lowest BCUT2D eigenvalue weighted by Gasteiger charge is -2.07. The molecule has 0 atom stereocenters. The minimum atomic E-state index is 0.913. The van der Waals surface area contributed by atoms with Crippen molar-refractivity contribution in [3.05, 3.63) is 62.9 Å². The fourth-order valence-electron chi connectivity index (χ4n) is 2.25. The molecule has 0 radical (unpaired) electrons. The molecule has 0 bridgehead atoms. The number of aromatic nitrogens is 1. The van der Waals surface area contributed by atoms with Crippen LogP contribution in [-0.4, -0.2) is 11.5 Å². The van der Waals surface area contributed by atoms with Gasteiger partial charge in [0.25, 0.3) is 0 Å². The standard InChI is InChI=1S/C16H15BrN2S/c17-14-7-10-20-15(14)11-18-9-6-13-4-1-3-12-5-2-8-19-16(12)13/h1-5,7-8,10,18H,6,9,11H2. The zero-order valence-electron chi connectivity index (χ0n) is 11.0. The summed E-state index contributed by atoms with van der Waals surface area (Å²) < 4.78 is 1.20. The highest BCUT2D eigenvalue weighted by Gasteiger charge is 2.03. The molecule has 0 fully saturated rings. The number of nitrogens with zero attached hydrogens (tertiary/aromatic N) is 1. The van der Waals surface area contributed by atoms with Crippen LogP contribution in [0.3, 0.4) is 0 Å². The van der Waals surface area contributed by atoms with Crippen molar-refractivity contribution in [2.75, 3.05) is 6.54 Å². The summed E-state index contributed by atoms with van der Waals surface area (Å²) in [5.74, 6) is 0. The van der Waals surface area contributed by atoms with E-state index in [1.54, 1.807) is 11.3 Å². The molecule has 0 unspecified atom stereocenters. The predicted molar refractivity (Wildman–Crippen MR) is 89.2 cm³/mol. The Morgan fingerprint density at radius 2 is 2.05 bits per heavy atom. The van der Waals surface area contributed by atoms with Gasteiger partial charge in [-0.05, 0) is 52.0 Å². The highest BCUT2D eigenvalue weighted by Crippen LogP contribution is 2.22. The molecular formula is C16H15BrN2S. The molecule has 1 N–H and O–H groups in total. The van der Waals surface area contributed by atoms with Crippen molar-refractivity contribution in [3.8, 4) is 0 Å². The maximum atomic E-state index is 4.49. The Hall–Kier alpha value is -1.23. The summed E-state index contributed by atoms with van der Waals surface area (Å²) in [6.07, 6.45) is 2.86. The van der Waals surface area contributed by atoms with Crippen molar-refractivity contribution in [2.24, 2.45) is 0 Å². The second-order valence-corrected chi connectivity index (χ2v) is 6.47. The summed E-state index contributed by atoms with van der Waals surface area (Å²) in [5.41, 5.74) is 2.43. The predicted octanol–water partition coefficient (Wildman–Crippen LogP) is 4.39. The normalized spacial score (nSPS) is 11.1. The Morgan fingerprint density at radius 3 is 2.90 bits per heavy atom. The zero-order valence-corrected chi connectivity index (χ0v) is 13.4. The highest BCUT2D eigenvalue weighted by molar-refractivity contribution is 9.10. The van der Waals surface area contributed by atoms with Crippen LogP contribution in [0.2, 0.25) is 0 Å². The van der Waals surface area contributed by atoms with Crippen LogP contribution < -0.4 is 5.32 Å². The summed E-state index contributed by atoms with van der Waals surface area (Å²) in [7, 11) is 0. The average Bonchev–Trinajstić information content (AvgIpc) is 2.89. The van der Waals surface area contributed by atoms with Gasteiger partial charge in [-0.3, -0.25) is 4.98 Å². The van der Waals surface area contributed by atoms with Crippen LogP contribution >= 0.6 is 27.3 Å². The van der Waals surface area contributed by atoms with Gasteiger partial charge >= 0.3 is 0 Å². The van der Waals surface area contributed by atoms with Crippen LogP contribution in [0.1, 0.15) is 10.4 Å². The third-order valence-electron chi connectivity index (χ3n) is 3.26. The van der Waals surface area contributed by atoms with E-state index in [2.05, 4.69) is 61.9 Å². The summed E-state index contributed by atoms with van der Waals surface area (Å²) in [5, 5.41) is 6.82. The lowest BCUT2D eigenvalue weighted by Crippen LogP contribution is -2.16. The minimum absolute atomic E-state index is 0.913. The Balaban J connectivity index is 1.62. The van der Waals surface area contributed by atoms with Crippen LogP contribution in [0, 0.1) is 0 Å². The second-order valence-electron chi connectivity index (χ2n) is 4.61. The molecule has 4 heteroatoms. The quantitative estimate of drug-likeness (QED) is 0.693. The lowest BCUT2D eigenvalue weighted by atomic mass is 10.1. The largest absolute Gasteiger partial charge is 0.311 e. The van der Waals surface area contributed by atoms with E-state index in [0.717, 1.165) is 25.0 Å². The van der Waals surface area contributed by atoms with Crippen LogP contribution in [0.15, 0.2) is 52.4 Å². The zero-order chi connectivity index (χ0) is 13.8. The molecule has 0 saturated heterocycles. The topological polar surface area (TPSA) is 24.9 Å². The first-order chi connectivity index (χ1) is 9.84. The van der Waals surface area contributed by atoms with Gasteiger partial charge in [0.15, 0.2) is 0 Å². The van der Waals surface area contributed by atoms with Crippen molar-refractivity contribution in [1.82, 2.24) is 10.3 Å². The molecule has 0 spiro atoms. The van der Waals surface area contributed by atoms with E-state index >= 15 is 0 Å². The Morgan fingerprint density at radius 1 is 1.15 bits per heavy atom. The molecule has 1 aromatic carbocycles. The number of hydrogen-bond donors (Lipinski definition) is 1. The van der Waals surface area contributed by atoms with Crippen LogP contribution in [0.25, 0.3) is 10.9 Å². The third kappa shape index (κ3) is 3.08. The van der Waals surface area contributed by atoms with E-state index in [9.17, 15) is 0 Å². The molecule has 0 aliphatic carbocycles. The van der Waals surface area contributed by atoms with E-state index in [0.29, 0.717) is 0 Å². The first kappa shape index (κ1) is 13.7. The summed E-state index contributed by atoms with van der Waals surface area (Å²) in [6, 6.07) is 12.6. The Labute approximate surface area is 131 Å². The van der Waals surface area contributed by atoms with E-state index in [1.807, 2.05) is 12.3 Å². The SMILES string of the molecule is Brc1ccsc1CNCCc1cccc2cccnc12. The van der Waals surface area contributed by atoms with Gasteiger partial charge in [0.2, 0.25) is 0 Å². The Kier molecular flexibility index (Phi) is 4.45. The number of rotatable bonds is 5. The highest BCUT2D eigenvalue weighted by atomic mass is 79.9. The molecule has 2 aromatic heterocycles. The lowest BCUT2D eigenvalue weighted by molar-refractivity contribution is 0.693. The number of fused-ring (bicyclic) bond motifs is 1. The van der Waals surface area contributed by atoms with Gasteiger partial charge in [-0.2, -0.15) is 0 Å². The minimum Gasteiger partial charge on any atom is -0.311 e. The number of pyridine rings is 1. The molecule has 20 heavy (non-hydrogen) atoms. The van der Waals surface area contributed by atoms with Crippen LogP contribution in [0.4, 0.5) is 0 Å². The number of benzene rings is 1. The van der Waals surface area contributed by atoms with Gasteiger partial charge in [0.1, 0.15) is 0 Å². The molecule has 0 amide bonds. The van der Waals surface area contributed by atoms with Gasteiger partial charge < -0.3 is 5.32 Å². The fraction of sp³-hybridized carbons (Fsp3) is 0.188. The van der Waals surface area contributed by atoms with Crippen molar-refractivity contribution >= 4 is 38.2 Å². The molecule has 2 heterocycles. The maximum Gasteiger partial charge on any atom is 0.0734 e. The molecule has 2 nitrogen and oxygen atoms in total. The molecule has 0 aliphatic rings. The smallest absolute Gasteiger partial charge is 0.0734 e. The first-order valence-corrected chi connectivity index (χ1v) is 8.27. The number of thiophene rings is 1. The average molecular weight is 347 g/mol. The third-order valence-corrected chi connectivity index (χ3v) is 5.19. The van der Waals surface area contributed by atoms with Crippen molar-refractivity contribution < 1.29 is 0 Å². The van der Waals surface area contributed by atoms with Crippen LogP contribution in [-0.2, 0) is 13.0 Å². The van der Waals surface area contributed by atoms with E-state index in [4.69, 9.17) is 0 Å². The maximum absolute atomic E-state index is 4.49. The first-order valence-electron chi connectivity index (χ1n) is 6.60. The van der Waals surface area contributed by atoms with Gasteiger partial charge in [-0.15, -0.1) is 11.3 Å². The summed E-state index contributed by atoms with van der Waals surface area (Å²) in [6.45, 7) is 1.87. The molecule has 3 rings (SSSR count). The van der Waals surface area contributed by atoms with Crippen molar-refractivity contribution in [1.29, 1.82) is 0 Å². The molecular weight excluding hydrogens is 332 g/mol. The van der Waals surface area contributed by atoms with Gasteiger partial charge in [-0.25, -0.2) is 0 Å². The molecule has 102 valence electrons. The van der Waals surface area contributed by atoms with Gasteiger partial charge in [-0.1, -0.05) is 24.3 Å². The van der Waals surface area contributed by atoms with Crippen molar-refractivity contribution in [2.45, 2.75) is 13.0 Å². The van der Waals surface area contributed by atoms with Crippen LogP contribution in [0.5, 0.6) is 0 Å². The number of nitrogens with one attached hydrogen (secondary N) is 1. The van der Waals surface area contributed by atoms with Crippen molar-refractivity contribution in [3.63, 3.8) is 0 Å². The van der Waals surface area contributed by atoms with Gasteiger partial charge in [0.05, 0.1) is 5.52 Å². The molecule has 0 aliphatic heterocycles. The number of halogens is 1. The van der Waals surface area contributed by atoms with E-state index < -0.39 is 0 Å². The summed E-state index contributed by atoms with van der Waals surface area (Å²) in [4.78, 5) is 5.84. The summed E-state index contributed by atoms with van der Waals surface area (Å²) >= 11 is 5.33. The van der Waals surface area contributed by atoms with E-state index in [-0.39, 0.29) is 0 Å². The molecule has 0 saturated carbocycles. The van der Waals surface area contributed by atoms with Gasteiger partial charge in [0, 0.05) is 27.5 Å². The monoisotopic (exact) mass is 346 g/mol. The second kappa shape index (κ2) is 6.48. The number of para-hydroxylation sites is 1. The number of hydrogen-bond acceptors (Lipinski definition) is 3. The van der Waals surface area contributed by atoms with E-state index in [1.165, 1.54) is 20.3 Å².